The second-order valence-corrected chi connectivity index (χ2v) is 24.1. The van der Waals surface area contributed by atoms with E-state index in [1.807, 2.05) is 41.7 Å². The average molecular weight is 1270 g/mol. The molecule has 0 aromatic heterocycles. The van der Waals surface area contributed by atoms with Gasteiger partial charge in [0.2, 0.25) is 0 Å². The number of thioether (sulfide) groups is 4. The molecule has 0 aliphatic carbocycles. The third-order valence-electron chi connectivity index (χ3n) is 7.16. The maximum atomic E-state index is 5.28. The van der Waals surface area contributed by atoms with Crippen LogP contribution in [0.2, 0.25) is 0 Å². The van der Waals surface area contributed by atoms with Gasteiger partial charge in [0, 0.05) is 147 Å². The van der Waals surface area contributed by atoms with Crippen molar-refractivity contribution < 1.29 is 0 Å². The van der Waals surface area contributed by atoms with Crippen LogP contribution in [0.5, 0.6) is 0 Å². The van der Waals surface area contributed by atoms with Crippen LogP contribution in [0.15, 0.2) is 34.1 Å². The fourth-order valence-electron chi connectivity index (χ4n) is 3.87. The van der Waals surface area contributed by atoms with Crippen molar-refractivity contribution in [1.82, 2.24) is 21.3 Å². The zero-order valence-electron chi connectivity index (χ0n) is 44.8. The van der Waals surface area contributed by atoms with Crippen LogP contribution in [0, 0.1) is 0 Å². The number of hydrogen-bond donors (Lipinski definition) is 20. The molecule has 0 bridgehead atoms. The molecule has 0 saturated carbocycles. The van der Waals surface area contributed by atoms with Crippen molar-refractivity contribution in [2.75, 3.05) is 206 Å². The van der Waals surface area contributed by atoms with Gasteiger partial charge >= 0.3 is 0 Å². The number of rotatable bonds is 39. The van der Waals surface area contributed by atoms with Crippen LogP contribution in [0.3, 0.4) is 0 Å². The minimum atomic E-state index is 0.597. The lowest BCUT2D eigenvalue weighted by molar-refractivity contribution is 0.618. The molecule has 1 aromatic rings. The summed E-state index contributed by atoms with van der Waals surface area (Å²) in [5.41, 5.74) is 51.6. The van der Waals surface area contributed by atoms with Crippen LogP contribution in [0.25, 0.3) is 0 Å². The lowest BCUT2D eigenvalue weighted by Gasteiger charge is -2.10. The quantitative estimate of drug-likeness (QED) is 0.0195. The second kappa shape index (κ2) is 103. The molecule has 1 rings (SSSR count). The summed E-state index contributed by atoms with van der Waals surface area (Å²) in [7, 11) is 6.69. The number of thiol groups is 6. The van der Waals surface area contributed by atoms with E-state index in [1.54, 1.807) is 23.5 Å². The van der Waals surface area contributed by atoms with Crippen LogP contribution >= 0.6 is 150 Å². The van der Waals surface area contributed by atoms with Gasteiger partial charge in [-0.3, -0.25) is 0 Å². The second-order valence-electron chi connectivity index (χ2n) is 13.8. The topological polar surface area (TPSA) is 308 Å². The molecule has 3 unspecified atom stereocenters. The average Bonchev–Trinajstić information content (AvgIpc) is 3.40. The van der Waals surface area contributed by atoms with Gasteiger partial charge in [0.1, 0.15) is 0 Å². The van der Waals surface area contributed by atoms with E-state index in [0.717, 1.165) is 165 Å². The Balaban J connectivity index is -0.000000108. The van der Waals surface area contributed by atoms with Gasteiger partial charge in [-0.05, 0) is 105 Å². The predicted molar refractivity (Wildman–Crippen MR) is 378 cm³/mol. The van der Waals surface area contributed by atoms with Crippen molar-refractivity contribution in [1.29, 1.82) is 0 Å². The van der Waals surface area contributed by atoms with Crippen LogP contribution in [0.4, 0.5) is 0 Å². The molecule has 24 N–H and O–H groups in total. The van der Waals surface area contributed by atoms with Gasteiger partial charge in [-0.2, -0.15) is 98.4 Å². The Hall–Kier alpha value is 3.45. The Morgan fingerprint density at radius 2 is 0.903 bits per heavy atom. The van der Waals surface area contributed by atoms with Crippen LogP contribution in [-0.4, -0.2) is 211 Å². The van der Waals surface area contributed by atoms with Crippen molar-refractivity contribution >= 4 is 150 Å². The van der Waals surface area contributed by atoms with Gasteiger partial charge in [0.15, 0.2) is 0 Å². The summed E-state index contributed by atoms with van der Waals surface area (Å²) in [6.07, 6.45) is 10.0. The number of nitrogens with one attached hydrogen (secondary N) is 4. The van der Waals surface area contributed by atoms with Crippen molar-refractivity contribution in [2.45, 2.75) is 47.6 Å². The molecule has 0 saturated heterocycles. The predicted octanol–water partition coefficient (Wildman–Crippen LogP) is 3.13. The molecule has 442 valence electrons. The Bertz CT molecular complexity index is 887. The van der Waals surface area contributed by atoms with E-state index < -0.39 is 0 Å². The number of nitrogens with two attached hydrogens (primary N) is 10. The first-order valence-electron chi connectivity index (χ1n) is 25.3. The van der Waals surface area contributed by atoms with E-state index in [4.69, 9.17) is 57.3 Å². The highest BCUT2D eigenvalue weighted by Gasteiger charge is 2.03. The molecule has 14 nitrogen and oxygen atoms in total. The fourth-order valence-corrected chi connectivity index (χ4v) is 10.6. The SMILES string of the molecule is CCCC(CS)SCCS.NCCCNCCCN.NCCN.NCCNCCN.NCCNCCNCCN.NCCSCCN.PCCPCCP.SCCSCCS.SCCSc1ccccc1S. The Morgan fingerprint density at radius 1 is 0.500 bits per heavy atom. The van der Waals surface area contributed by atoms with Crippen molar-refractivity contribution in [2.24, 2.45) is 57.3 Å². The minimum absolute atomic E-state index is 0.597. The third-order valence-corrected chi connectivity index (χ3v) is 17.9. The first kappa shape index (κ1) is 91.9. The maximum Gasteiger partial charge on any atom is 0.0206 e. The highest BCUT2D eigenvalue weighted by atomic mass is 32.2. The molecular formula is C45H117N14P3S10. The zero-order valence-corrected chi connectivity index (χ0v) is 56.7. The van der Waals surface area contributed by atoms with E-state index >= 15 is 0 Å². The van der Waals surface area contributed by atoms with E-state index in [0.29, 0.717) is 39.3 Å². The number of benzene rings is 1. The van der Waals surface area contributed by atoms with Crippen LogP contribution in [0.1, 0.15) is 32.6 Å². The zero-order chi connectivity index (χ0) is 56.1. The third kappa shape index (κ3) is 117. The standard InChI is InChI=1S/C8H10S3.C7H16S3.C6H18N4.C6H17N3.C4H13N3.C4H12N2S.C4H13P3.C4H10S3.C2H8N2/c9-5-6-11-8-4-2-1-3-7(8)10;1-2-3-7(6-9)10-5-4-8;7-1-3-9-5-6-10-4-2-8;7-3-1-5-9-6-2-4-8;4*5-1-3-7-4-2-6;3-1-2-4/h1-4,9-10H,5-6H2;7-9H,2-6H2,1H3;9-10H,1-8H2;9H,1-8H2;7H,1-6H2;1-6H2;7H,1-6H2;5-6H,1-4H2;1-4H2. The van der Waals surface area contributed by atoms with Gasteiger partial charge in [0.05, 0.1) is 0 Å². The largest absolute Gasteiger partial charge is 0.330 e. The van der Waals surface area contributed by atoms with Gasteiger partial charge in [0.25, 0.3) is 0 Å². The monoisotopic (exact) mass is 1270 g/mol. The molecule has 3 atom stereocenters. The van der Waals surface area contributed by atoms with Crippen LogP contribution < -0.4 is 78.6 Å². The maximum absolute atomic E-state index is 5.28. The lowest BCUT2D eigenvalue weighted by Crippen LogP contribution is -2.32. The lowest BCUT2D eigenvalue weighted by atomic mass is 10.3. The normalized spacial score (nSPS) is 10.2. The highest BCUT2D eigenvalue weighted by Crippen LogP contribution is 2.25. The molecule has 0 fully saturated rings. The van der Waals surface area contributed by atoms with Gasteiger partial charge in [-0.25, -0.2) is 0 Å². The molecule has 0 heterocycles. The summed E-state index contributed by atoms with van der Waals surface area (Å²) in [6.45, 7) is 16.8. The first-order chi connectivity index (χ1) is 35.1. The molecule has 0 radical (unpaired) electrons. The molecule has 72 heavy (non-hydrogen) atoms. The number of hydrogen-bond acceptors (Lipinski definition) is 24. The molecule has 0 aliphatic heterocycles. The van der Waals surface area contributed by atoms with Crippen molar-refractivity contribution in [3.05, 3.63) is 24.3 Å². The van der Waals surface area contributed by atoms with E-state index in [1.165, 1.54) is 51.0 Å². The summed E-state index contributed by atoms with van der Waals surface area (Å²) in [6, 6.07) is 8.11. The summed E-state index contributed by atoms with van der Waals surface area (Å²) in [5, 5.41) is 13.3. The molecule has 1 aromatic carbocycles. The van der Waals surface area contributed by atoms with Crippen LogP contribution in [-0.2, 0) is 0 Å². The molecule has 0 spiro atoms. The summed E-state index contributed by atoms with van der Waals surface area (Å²) >= 11 is 32.5. The summed E-state index contributed by atoms with van der Waals surface area (Å²) in [5.74, 6) is 11.5. The Kier molecular flexibility index (Phi) is 131. The molecule has 0 aliphatic rings. The first-order valence-corrected chi connectivity index (χ1v) is 36.3. The molecule has 27 heteroatoms. The van der Waals surface area contributed by atoms with Gasteiger partial charge < -0.3 is 78.6 Å². The summed E-state index contributed by atoms with van der Waals surface area (Å²) < 4.78 is 0. The smallest absolute Gasteiger partial charge is 0.0206 e. The summed E-state index contributed by atoms with van der Waals surface area (Å²) in [4.78, 5) is 2.30. The minimum Gasteiger partial charge on any atom is -0.330 e. The van der Waals surface area contributed by atoms with Crippen molar-refractivity contribution in [3.8, 4) is 0 Å². The highest BCUT2D eigenvalue weighted by molar-refractivity contribution is 8.01. The van der Waals surface area contributed by atoms with E-state index in [9.17, 15) is 0 Å². The fraction of sp³-hybridized carbons (Fsp3) is 0.867. The molecule has 0 amide bonds. The van der Waals surface area contributed by atoms with Gasteiger partial charge in [-0.15, -0.1) is 51.5 Å². The van der Waals surface area contributed by atoms with Crippen molar-refractivity contribution in [3.63, 3.8) is 0 Å². The van der Waals surface area contributed by atoms with E-state index in [2.05, 4.69) is 129 Å². The Morgan fingerprint density at radius 3 is 1.24 bits per heavy atom. The van der Waals surface area contributed by atoms with E-state index in [-0.39, 0.29) is 0 Å². The Labute approximate surface area is 501 Å². The van der Waals surface area contributed by atoms with Gasteiger partial charge in [-0.1, -0.05) is 25.5 Å². The molecular weight excluding hydrogens is 1150 g/mol.